The molecule has 1 aliphatic rings. The lowest BCUT2D eigenvalue weighted by molar-refractivity contribution is 0.0119. The third-order valence-corrected chi connectivity index (χ3v) is 3.65. The van der Waals surface area contributed by atoms with E-state index in [9.17, 15) is 15.0 Å². The molecule has 0 spiro atoms. The summed E-state index contributed by atoms with van der Waals surface area (Å²) in [6, 6.07) is 0. The molecule has 0 saturated heterocycles. The molecule has 108 valence electrons. The van der Waals surface area contributed by atoms with E-state index < -0.39 is 11.0 Å². The normalized spacial score (nSPS) is 20.4. The van der Waals surface area contributed by atoms with Crippen molar-refractivity contribution in [1.29, 1.82) is 0 Å². The third-order valence-electron chi connectivity index (χ3n) is 3.65. The lowest BCUT2D eigenvalue weighted by Gasteiger charge is -2.11. The number of fused-ring (bicyclic) bond motifs is 1. The number of H-pyrrole nitrogens is 1. The summed E-state index contributed by atoms with van der Waals surface area (Å²) in [5, 5.41) is 18.4. The molecule has 0 aliphatic heterocycles. The number of imidazole rings is 1. The van der Waals surface area contributed by atoms with Crippen LogP contribution in [0.15, 0.2) is 11.1 Å². The number of nitrogens with two attached hydrogens (primary N) is 1. The van der Waals surface area contributed by atoms with E-state index in [1.807, 2.05) is 0 Å². The van der Waals surface area contributed by atoms with Gasteiger partial charge in [-0.3, -0.25) is 14.3 Å². The Morgan fingerprint density at radius 1 is 1.55 bits per heavy atom. The van der Waals surface area contributed by atoms with Crippen LogP contribution in [0.2, 0.25) is 0 Å². The maximum absolute atomic E-state index is 11.6. The number of aliphatic hydroxyl groups is 2. The topological polar surface area (TPSA) is 139 Å². The molecule has 1 saturated carbocycles. The number of rotatable bonds is 5. The first kappa shape index (κ1) is 13.0. The van der Waals surface area contributed by atoms with Gasteiger partial charge in [-0.25, -0.2) is 4.98 Å². The molecular formula is C11H15N5O4. The Morgan fingerprint density at radius 2 is 2.30 bits per heavy atom. The number of aromatic nitrogens is 4. The van der Waals surface area contributed by atoms with E-state index in [2.05, 4.69) is 15.0 Å². The van der Waals surface area contributed by atoms with Crippen LogP contribution in [0.4, 0.5) is 5.95 Å². The van der Waals surface area contributed by atoms with Gasteiger partial charge in [0.1, 0.15) is 6.73 Å². The summed E-state index contributed by atoms with van der Waals surface area (Å²) in [5.74, 6) is 0.00994. The van der Waals surface area contributed by atoms with Gasteiger partial charge < -0.3 is 20.7 Å². The minimum atomic E-state index is -0.555. The van der Waals surface area contributed by atoms with Gasteiger partial charge in [0.05, 0.1) is 25.6 Å². The Kier molecular flexibility index (Phi) is 2.96. The van der Waals surface area contributed by atoms with Crippen molar-refractivity contribution in [3.63, 3.8) is 0 Å². The molecule has 2 heterocycles. The van der Waals surface area contributed by atoms with Crippen LogP contribution < -0.4 is 11.3 Å². The van der Waals surface area contributed by atoms with Gasteiger partial charge in [0, 0.05) is 5.41 Å². The van der Waals surface area contributed by atoms with Crippen molar-refractivity contribution in [2.75, 3.05) is 18.9 Å². The number of nitrogen functional groups attached to an aromatic ring is 1. The van der Waals surface area contributed by atoms with Crippen molar-refractivity contribution in [1.82, 2.24) is 19.5 Å². The van der Waals surface area contributed by atoms with Gasteiger partial charge in [0.25, 0.3) is 5.56 Å². The van der Waals surface area contributed by atoms with Gasteiger partial charge in [-0.15, -0.1) is 0 Å². The predicted molar refractivity (Wildman–Crippen MR) is 68.7 cm³/mol. The standard InChI is InChI=1S/C11H15N5O4/c12-10-14-8-7(9(19)15-10)13-4-16(8)5-20-6-1-11(6,2-17)3-18/h4,6,17-18H,1-3,5H2,(H3,12,14,15,19). The second-order valence-electron chi connectivity index (χ2n) is 5.00. The van der Waals surface area contributed by atoms with Gasteiger partial charge in [0.15, 0.2) is 11.2 Å². The van der Waals surface area contributed by atoms with E-state index in [1.165, 1.54) is 6.33 Å². The number of hydrogen-bond donors (Lipinski definition) is 4. The Morgan fingerprint density at radius 3 is 2.95 bits per heavy atom. The molecule has 0 aromatic carbocycles. The Balaban J connectivity index is 1.78. The van der Waals surface area contributed by atoms with Crippen LogP contribution in [0.1, 0.15) is 6.42 Å². The fraction of sp³-hybridized carbons (Fsp3) is 0.545. The van der Waals surface area contributed by atoms with Crippen molar-refractivity contribution in [3.05, 3.63) is 16.7 Å². The number of nitrogens with one attached hydrogen (secondary N) is 1. The maximum Gasteiger partial charge on any atom is 0.280 e. The van der Waals surface area contributed by atoms with Gasteiger partial charge in [0.2, 0.25) is 5.95 Å². The van der Waals surface area contributed by atoms with E-state index in [0.29, 0.717) is 12.1 Å². The SMILES string of the molecule is Nc1nc2c(ncn2COC2CC2(CO)CO)c(=O)[nH]1. The average molecular weight is 281 g/mol. The van der Waals surface area contributed by atoms with Gasteiger partial charge in [-0.2, -0.15) is 4.98 Å². The largest absolute Gasteiger partial charge is 0.396 e. The maximum atomic E-state index is 11.6. The summed E-state index contributed by atoms with van der Waals surface area (Å²) >= 11 is 0. The van der Waals surface area contributed by atoms with Crippen molar-refractivity contribution < 1.29 is 14.9 Å². The minimum Gasteiger partial charge on any atom is -0.396 e. The molecule has 1 atom stereocenters. The first-order valence-electron chi connectivity index (χ1n) is 6.13. The summed E-state index contributed by atoms with van der Waals surface area (Å²) in [4.78, 5) is 21.9. The second-order valence-corrected chi connectivity index (χ2v) is 5.00. The fourth-order valence-electron chi connectivity index (χ4n) is 2.16. The molecular weight excluding hydrogens is 266 g/mol. The van der Waals surface area contributed by atoms with Crippen LogP contribution in [-0.2, 0) is 11.5 Å². The van der Waals surface area contributed by atoms with Crippen molar-refractivity contribution >= 4 is 17.1 Å². The van der Waals surface area contributed by atoms with Gasteiger partial charge >= 0.3 is 0 Å². The molecule has 1 aliphatic carbocycles. The molecule has 0 amide bonds. The molecule has 5 N–H and O–H groups in total. The zero-order chi connectivity index (χ0) is 14.3. The summed E-state index contributed by atoms with van der Waals surface area (Å²) < 4.78 is 7.15. The molecule has 9 heteroatoms. The summed E-state index contributed by atoms with van der Waals surface area (Å²) in [6.45, 7) is -0.119. The van der Waals surface area contributed by atoms with Crippen molar-refractivity contribution in [3.8, 4) is 0 Å². The molecule has 0 radical (unpaired) electrons. The van der Waals surface area contributed by atoms with E-state index >= 15 is 0 Å². The summed E-state index contributed by atoms with van der Waals surface area (Å²) in [5.41, 5.74) is 5.06. The highest BCUT2D eigenvalue weighted by molar-refractivity contribution is 5.70. The van der Waals surface area contributed by atoms with Crippen molar-refractivity contribution in [2.45, 2.75) is 19.3 Å². The first-order valence-corrected chi connectivity index (χ1v) is 6.13. The second kappa shape index (κ2) is 4.54. The molecule has 1 fully saturated rings. The molecule has 0 bridgehead atoms. The van der Waals surface area contributed by atoms with Crippen LogP contribution in [0.5, 0.6) is 0 Å². The number of nitrogens with zero attached hydrogens (tertiary/aromatic N) is 3. The lowest BCUT2D eigenvalue weighted by Crippen LogP contribution is -2.19. The summed E-state index contributed by atoms with van der Waals surface area (Å²) in [7, 11) is 0. The van der Waals surface area contributed by atoms with Crippen LogP contribution in [0, 0.1) is 5.41 Å². The molecule has 1 unspecified atom stereocenters. The lowest BCUT2D eigenvalue weighted by atomic mass is 10.1. The van der Waals surface area contributed by atoms with Crippen LogP contribution in [0.3, 0.4) is 0 Å². The zero-order valence-electron chi connectivity index (χ0n) is 10.6. The molecule has 2 aromatic rings. The highest BCUT2D eigenvalue weighted by Crippen LogP contribution is 2.47. The van der Waals surface area contributed by atoms with Gasteiger partial charge in [-0.1, -0.05) is 0 Å². The zero-order valence-corrected chi connectivity index (χ0v) is 10.6. The average Bonchev–Trinajstić information content (AvgIpc) is 3.00. The monoisotopic (exact) mass is 281 g/mol. The Labute approximate surface area is 113 Å². The molecule has 2 aromatic heterocycles. The number of ether oxygens (including phenoxy) is 1. The number of aliphatic hydroxyl groups excluding tert-OH is 2. The molecule has 20 heavy (non-hydrogen) atoms. The van der Waals surface area contributed by atoms with E-state index in [-0.39, 0.29) is 37.5 Å². The highest BCUT2D eigenvalue weighted by atomic mass is 16.5. The predicted octanol–water partition coefficient (Wildman–Crippen LogP) is -1.58. The highest BCUT2D eigenvalue weighted by Gasteiger charge is 2.54. The Hall–Kier alpha value is -1.97. The van der Waals surface area contributed by atoms with Crippen LogP contribution in [0.25, 0.3) is 11.2 Å². The number of anilines is 1. The van der Waals surface area contributed by atoms with E-state index in [4.69, 9.17) is 10.5 Å². The van der Waals surface area contributed by atoms with Gasteiger partial charge in [-0.05, 0) is 6.42 Å². The van der Waals surface area contributed by atoms with E-state index in [0.717, 1.165) is 0 Å². The minimum absolute atomic E-state index is 0.00994. The number of hydrogen-bond acceptors (Lipinski definition) is 7. The molecule has 3 rings (SSSR count). The molecule has 9 nitrogen and oxygen atoms in total. The first-order chi connectivity index (χ1) is 9.59. The smallest absolute Gasteiger partial charge is 0.280 e. The number of aromatic amines is 1. The quantitative estimate of drug-likeness (QED) is 0.518. The summed E-state index contributed by atoms with van der Waals surface area (Å²) in [6.07, 6.45) is 1.83. The van der Waals surface area contributed by atoms with Crippen molar-refractivity contribution in [2.24, 2.45) is 5.41 Å². The third kappa shape index (κ3) is 1.96. The van der Waals surface area contributed by atoms with E-state index in [1.54, 1.807) is 4.57 Å². The van der Waals surface area contributed by atoms with Crippen LogP contribution in [-0.4, -0.2) is 49.0 Å². The van der Waals surface area contributed by atoms with Crippen LogP contribution >= 0.6 is 0 Å². The fourth-order valence-corrected chi connectivity index (χ4v) is 2.16. The Bertz CT molecular complexity index is 690.